The minimum absolute atomic E-state index is 0.220. The van der Waals surface area contributed by atoms with Crippen molar-refractivity contribution in [2.75, 3.05) is 17.3 Å². The van der Waals surface area contributed by atoms with E-state index in [0.29, 0.717) is 10.7 Å². The molecule has 1 N–H and O–H groups in total. The van der Waals surface area contributed by atoms with E-state index in [9.17, 15) is 4.79 Å². The Bertz CT molecular complexity index is 564. The summed E-state index contributed by atoms with van der Waals surface area (Å²) in [6.07, 6.45) is 0. The van der Waals surface area contributed by atoms with Gasteiger partial charge in [0.15, 0.2) is 0 Å². The lowest BCUT2D eigenvalue weighted by Gasteiger charge is -2.19. The Morgan fingerprint density at radius 2 is 1.79 bits per heavy atom. The van der Waals surface area contributed by atoms with Gasteiger partial charge in [-0.25, -0.2) is 4.79 Å². The number of carbonyl (C=O) groups is 1. The highest BCUT2D eigenvalue weighted by Gasteiger charge is 2.13. The molecule has 2 rings (SSSR count). The van der Waals surface area contributed by atoms with Crippen LogP contribution < -0.4 is 10.2 Å². The molecule has 4 heteroatoms. The van der Waals surface area contributed by atoms with Crippen LogP contribution in [0.3, 0.4) is 0 Å². The maximum absolute atomic E-state index is 12.2. The van der Waals surface area contributed by atoms with E-state index in [1.807, 2.05) is 49.4 Å². The number of para-hydroxylation sites is 2. The van der Waals surface area contributed by atoms with Gasteiger partial charge in [-0.15, -0.1) is 0 Å². The third kappa shape index (κ3) is 3.06. The summed E-state index contributed by atoms with van der Waals surface area (Å²) in [6.45, 7) is 1.91. The summed E-state index contributed by atoms with van der Waals surface area (Å²) in [7, 11) is 1.72. The summed E-state index contributed by atoms with van der Waals surface area (Å²) in [4.78, 5) is 13.7. The second kappa shape index (κ2) is 5.76. The van der Waals surface area contributed by atoms with Crippen molar-refractivity contribution in [3.8, 4) is 0 Å². The normalized spacial score (nSPS) is 10.1. The van der Waals surface area contributed by atoms with Crippen LogP contribution in [0.25, 0.3) is 0 Å². The average Bonchev–Trinajstić information content (AvgIpc) is 2.43. The topological polar surface area (TPSA) is 32.3 Å². The Hall–Kier alpha value is -2.00. The summed E-state index contributed by atoms with van der Waals surface area (Å²) in [5, 5.41) is 3.37. The molecule has 0 saturated carbocycles. The molecule has 0 aliphatic rings. The Labute approximate surface area is 117 Å². The molecule has 3 nitrogen and oxygen atoms in total. The number of hydrogen-bond acceptors (Lipinski definition) is 1. The van der Waals surface area contributed by atoms with E-state index >= 15 is 0 Å². The number of aryl methyl sites for hydroxylation is 1. The predicted octanol–water partition coefficient (Wildman–Crippen LogP) is 4.32. The highest BCUT2D eigenvalue weighted by atomic mass is 35.5. The zero-order chi connectivity index (χ0) is 13.8. The van der Waals surface area contributed by atoms with Crippen LogP contribution in [0.4, 0.5) is 16.2 Å². The minimum atomic E-state index is -0.220. The molecular weight excluding hydrogens is 260 g/mol. The number of nitrogens with zero attached hydrogens (tertiary/aromatic N) is 1. The van der Waals surface area contributed by atoms with E-state index in [-0.39, 0.29) is 6.03 Å². The van der Waals surface area contributed by atoms with E-state index in [2.05, 4.69) is 5.32 Å². The third-order valence-electron chi connectivity index (χ3n) is 2.90. The number of urea groups is 1. The molecular formula is C15H15ClN2O. The van der Waals surface area contributed by atoms with Gasteiger partial charge in [-0.2, -0.15) is 0 Å². The van der Waals surface area contributed by atoms with E-state index in [1.165, 1.54) is 0 Å². The molecule has 0 radical (unpaired) electrons. The van der Waals surface area contributed by atoms with E-state index in [0.717, 1.165) is 11.3 Å². The lowest BCUT2D eigenvalue weighted by atomic mass is 10.2. The molecule has 0 bridgehead atoms. The number of hydrogen-bond donors (Lipinski definition) is 1. The highest BCUT2D eigenvalue weighted by molar-refractivity contribution is 6.34. The zero-order valence-electron chi connectivity index (χ0n) is 10.9. The van der Waals surface area contributed by atoms with Crippen molar-refractivity contribution >= 4 is 29.0 Å². The van der Waals surface area contributed by atoms with Crippen LogP contribution in [-0.4, -0.2) is 13.1 Å². The molecule has 2 aromatic carbocycles. The van der Waals surface area contributed by atoms with Crippen LogP contribution in [0, 0.1) is 6.92 Å². The van der Waals surface area contributed by atoms with Crippen molar-refractivity contribution in [3.05, 3.63) is 59.1 Å². The molecule has 0 aliphatic heterocycles. The molecule has 0 heterocycles. The monoisotopic (exact) mass is 274 g/mol. The van der Waals surface area contributed by atoms with Gasteiger partial charge in [-0.05, 0) is 30.7 Å². The van der Waals surface area contributed by atoms with Gasteiger partial charge in [0.25, 0.3) is 0 Å². The van der Waals surface area contributed by atoms with Crippen molar-refractivity contribution in [2.45, 2.75) is 6.92 Å². The smallest absolute Gasteiger partial charge is 0.306 e. The summed E-state index contributed by atoms with van der Waals surface area (Å²) in [5.41, 5.74) is 2.41. The van der Waals surface area contributed by atoms with Crippen molar-refractivity contribution in [1.29, 1.82) is 0 Å². The van der Waals surface area contributed by atoms with Crippen molar-refractivity contribution in [3.63, 3.8) is 0 Å². The van der Waals surface area contributed by atoms with Gasteiger partial charge in [-0.1, -0.05) is 41.9 Å². The molecule has 98 valence electrons. The van der Waals surface area contributed by atoms with E-state index in [1.54, 1.807) is 18.0 Å². The fourth-order valence-electron chi connectivity index (χ4n) is 1.75. The summed E-state index contributed by atoms with van der Waals surface area (Å²) >= 11 is 6.09. The number of amides is 2. The fourth-order valence-corrected chi connectivity index (χ4v) is 2.02. The number of halogens is 1. The Kier molecular flexibility index (Phi) is 4.07. The second-order valence-corrected chi connectivity index (χ2v) is 4.66. The van der Waals surface area contributed by atoms with Crippen LogP contribution >= 0.6 is 11.6 Å². The molecule has 0 fully saturated rings. The van der Waals surface area contributed by atoms with Crippen molar-refractivity contribution in [1.82, 2.24) is 0 Å². The Balaban J connectivity index is 2.18. The van der Waals surface area contributed by atoms with Crippen molar-refractivity contribution < 1.29 is 4.79 Å². The SMILES string of the molecule is Cc1cccc(Cl)c1NC(=O)N(C)c1ccccc1. The first-order valence-corrected chi connectivity index (χ1v) is 6.32. The van der Waals surface area contributed by atoms with Crippen LogP contribution in [0.2, 0.25) is 5.02 Å². The average molecular weight is 275 g/mol. The number of carbonyl (C=O) groups excluding carboxylic acids is 1. The molecule has 2 aromatic rings. The van der Waals surface area contributed by atoms with Crippen molar-refractivity contribution in [2.24, 2.45) is 0 Å². The molecule has 19 heavy (non-hydrogen) atoms. The lowest BCUT2D eigenvalue weighted by Crippen LogP contribution is -2.31. The number of rotatable bonds is 2. The van der Waals surface area contributed by atoms with E-state index < -0.39 is 0 Å². The lowest BCUT2D eigenvalue weighted by molar-refractivity contribution is 0.258. The van der Waals surface area contributed by atoms with Crippen LogP contribution in [0.15, 0.2) is 48.5 Å². The highest BCUT2D eigenvalue weighted by Crippen LogP contribution is 2.26. The second-order valence-electron chi connectivity index (χ2n) is 4.26. The number of anilines is 2. The maximum atomic E-state index is 12.2. The molecule has 2 amide bonds. The summed E-state index contributed by atoms with van der Waals surface area (Å²) in [6, 6.07) is 14.7. The van der Waals surface area contributed by atoms with Crippen LogP contribution in [0.5, 0.6) is 0 Å². The van der Waals surface area contributed by atoms with Gasteiger partial charge in [-0.3, -0.25) is 4.90 Å². The van der Waals surface area contributed by atoms with Gasteiger partial charge < -0.3 is 5.32 Å². The first-order valence-electron chi connectivity index (χ1n) is 5.94. The maximum Gasteiger partial charge on any atom is 0.326 e. The standard InChI is InChI=1S/C15H15ClN2O/c1-11-7-6-10-13(16)14(11)17-15(19)18(2)12-8-4-3-5-9-12/h3-10H,1-2H3,(H,17,19). The van der Waals surface area contributed by atoms with Crippen LogP contribution in [-0.2, 0) is 0 Å². The van der Waals surface area contributed by atoms with Crippen LogP contribution in [0.1, 0.15) is 5.56 Å². The number of benzene rings is 2. The first kappa shape index (κ1) is 13.4. The quantitative estimate of drug-likeness (QED) is 0.869. The Morgan fingerprint density at radius 1 is 1.11 bits per heavy atom. The molecule has 0 saturated heterocycles. The summed E-state index contributed by atoms with van der Waals surface area (Å²) < 4.78 is 0. The minimum Gasteiger partial charge on any atom is -0.306 e. The summed E-state index contributed by atoms with van der Waals surface area (Å²) in [5.74, 6) is 0. The molecule has 0 aliphatic carbocycles. The van der Waals surface area contributed by atoms with Gasteiger partial charge in [0.05, 0.1) is 10.7 Å². The van der Waals surface area contributed by atoms with Gasteiger partial charge in [0, 0.05) is 12.7 Å². The zero-order valence-corrected chi connectivity index (χ0v) is 11.6. The Morgan fingerprint density at radius 3 is 2.42 bits per heavy atom. The van der Waals surface area contributed by atoms with Gasteiger partial charge >= 0.3 is 6.03 Å². The first-order chi connectivity index (χ1) is 9.09. The number of nitrogens with one attached hydrogen (secondary N) is 1. The van der Waals surface area contributed by atoms with Gasteiger partial charge in [0.1, 0.15) is 0 Å². The van der Waals surface area contributed by atoms with Gasteiger partial charge in [0.2, 0.25) is 0 Å². The predicted molar refractivity (Wildman–Crippen MR) is 80.1 cm³/mol. The fraction of sp³-hybridized carbons (Fsp3) is 0.133. The molecule has 0 aromatic heterocycles. The van der Waals surface area contributed by atoms with E-state index in [4.69, 9.17) is 11.6 Å². The molecule has 0 atom stereocenters. The third-order valence-corrected chi connectivity index (χ3v) is 3.22. The largest absolute Gasteiger partial charge is 0.326 e. The molecule has 0 unspecified atom stereocenters. The molecule has 0 spiro atoms.